The predicted octanol–water partition coefficient (Wildman–Crippen LogP) is 5.40. The third-order valence-corrected chi connectivity index (χ3v) is 6.81. The molecule has 0 radical (unpaired) electrons. The number of rotatable bonds is 9. The van der Waals surface area contributed by atoms with E-state index in [1.165, 1.54) is 0 Å². The topological polar surface area (TPSA) is 76.7 Å². The van der Waals surface area contributed by atoms with Crippen LogP contribution in [0.5, 0.6) is 0 Å². The number of halogens is 1. The molecule has 34 heavy (non-hydrogen) atoms. The summed E-state index contributed by atoms with van der Waals surface area (Å²) in [6.45, 7) is 11.7. The zero-order chi connectivity index (χ0) is 24.5. The highest BCUT2D eigenvalue weighted by Crippen LogP contribution is 2.29. The number of nitrogens with one attached hydrogen (secondary N) is 3. The summed E-state index contributed by atoms with van der Waals surface area (Å²) in [5.74, 6) is 0.585. The van der Waals surface area contributed by atoms with Gasteiger partial charge in [-0.25, -0.2) is 4.79 Å². The lowest BCUT2D eigenvalue weighted by atomic mass is 9.98. The molecule has 1 heterocycles. The first-order valence-corrected chi connectivity index (χ1v) is 12.9. The van der Waals surface area contributed by atoms with Gasteiger partial charge in [0.2, 0.25) is 0 Å². The molecule has 0 aliphatic carbocycles. The quantitative estimate of drug-likeness (QED) is 0.406. The summed E-state index contributed by atoms with van der Waals surface area (Å²) in [4.78, 5) is 30.3. The van der Waals surface area contributed by atoms with E-state index in [0.29, 0.717) is 29.4 Å². The minimum Gasteiger partial charge on any atom is -0.371 e. The van der Waals surface area contributed by atoms with E-state index in [2.05, 4.69) is 62.5 Å². The van der Waals surface area contributed by atoms with Crippen molar-refractivity contribution in [3.05, 3.63) is 52.5 Å². The Morgan fingerprint density at radius 2 is 1.71 bits per heavy atom. The molecule has 3 N–H and O–H groups in total. The van der Waals surface area contributed by atoms with Gasteiger partial charge < -0.3 is 25.8 Å². The molecule has 8 heteroatoms. The SMILES string of the molecule is CCN(CC)CCNC(=O)c1cc(NC(=O)Nc2cccc(Br)c2)ccc1N1CCC(C)CC1. The van der Waals surface area contributed by atoms with E-state index in [9.17, 15) is 9.59 Å². The van der Waals surface area contributed by atoms with Gasteiger partial charge in [0.05, 0.1) is 5.56 Å². The van der Waals surface area contributed by atoms with Gasteiger partial charge in [-0.15, -0.1) is 0 Å². The Morgan fingerprint density at radius 1 is 1.03 bits per heavy atom. The summed E-state index contributed by atoms with van der Waals surface area (Å²) >= 11 is 3.41. The Balaban J connectivity index is 1.74. The van der Waals surface area contributed by atoms with Gasteiger partial charge in [-0.1, -0.05) is 42.8 Å². The molecule has 7 nitrogen and oxygen atoms in total. The van der Waals surface area contributed by atoms with Crippen LogP contribution in [0.2, 0.25) is 0 Å². The molecule has 2 aromatic rings. The molecule has 1 aliphatic heterocycles. The van der Waals surface area contributed by atoms with Gasteiger partial charge in [-0.05, 0) is 68.2 Å². The molecule has 0 aromatic heterocycles. The molecule has 0 saturated carbocycles. The Bertz CT molecular complexity index is 971. The van der Waals surface area contributed by atoms with Crippen molar-refractivity contribution in [2.24, 2.45) is 5.92 Å². The van der Waals surface area contributed by atoms with Gasteiger partial charge in [0.1, 0.15) is 0 Å². The largest absolute Gasteiger partial charge is 0.371 e. The number of nitrogens with zero attached hydrogens (tertiary/aromatic N) is 2. The average Bonchev–Trinajstić information content (AvgIpc) is 2.82. The standard InChI is InChI=1S/C26H36BrN5O2/c1-4-31(5-2)16-13-28-25(33)23-18-22(9-10-24(23)32-14-11-19(3)12-15-32)30-26(34)29-21-8-6-7-20(27)17-21/h6-10,17-19H,4-5,11-16H2,1-3H3,(H,28,33)(H2,29,30,34). The first-order chi connectivity index (χ1) is 16.4. The molecule has 1 saturated heterocycles. The van der Waals surface area contributed by atoms with Crippen LogP contribution in [0, 0.1) is 5.92 Å². The van der Waals surface area contributed by atoms with Crippen LogP contribution in [0.3, 0.4) is 0 Å². The number of hydrogen-bond donors (Lipinski definition) is 3. The van der Waals surface area contributed by atoms with Gasteiger partial charge in [0, 0.05) is 47.7 Å². The average molecular weight is 531 g/mol. The lowest BCUT2D eigenvalue weighted by Gasteiger charge is -2.33. The van der Waals surface area contributed by atoms with Crippen molar-refractivity contribution in [3.63, 3.8) is 0 Å². The van der Waals surface area contributed by atoms with Crippen LogP contribution in [-0.2, 0) is 0 Å². The highest BCUT2D eigenvalue weighted by atomic mass is 79.9. The predicted molar refractivity (Wildman–Crippen MR) is 144 cm³/mol. The van der Waals surface area contributed by atoms with Crippen molar-refractivity contribution in [1.82, 2.24) is 10.2 Å². The molecule has 0 unspecified atom stereocenters. The number of benzene rings is 2. The third-order valence-electron chi connectivity index (χ3n) is 6.31. The molecule has 0 bridgehead atoms. The molecular weight excluding hydrogens is 494 g/mol. The van der Waals surface area contributed by atoms with Crippen LogP contribution in [0.4, 0.5) is 21.9 Å². The van der Waals surface area contributed by atoms with Gasteiger partial charge in [-0.3, -0.25) is 4.79 Å². The van der Waals surface area contributed by atoms with Crippen LogP contribution in [0.1, 0.15) is 44.0 Å². The Kier molecular flexibility index (Phi) is 9.77. The second kappa shape index (κ2) is 12.8. The molecular formula is C26H36BrN5O2. The summed E-state index contributed by atoms with van der Waals surface area (Å²) in [5, 5.41) is 8.76. The first kappa shape index (κ1) is 26.0. The van der Waals surface area contributed by atoms with E-state index < -0.39 is 0 Å². The normalized spacial score (nSPS) is 14.2. The monoisotopic (exact) mass is 529 g/mol. The van der Waals surface area contributed by atoms with E-state index >= 15 is 0 Å². The van der Waals surface area contributed by atoms with E-state index in [-0.39, 0.29) is 11.9 Å². The van der Waals surface area contributed by atoms with Crippen LogP contribution in [0.25, 0.3) is 0 Å². The van der Waals surface area contributed by atoms with Crippen molar-refractivity contribution in [1.29, 1.82) is 0 Å². The molecule has 0 spiro atoms. The molecule has 2 aromatic carbocycles. The molecule has 1 fully saturated rings. The van der Waals surface area contributed by atoms with Crippen molar-refractivity contribution in [3.8, 4) is 0 Å². The molecule has 3 amide bonds. The number of carbonyl (C=O) groups excluding carboxylic acids is 2. The fourth-order valence-electron chi connectivity index (χ4n) is 4.14. The van der Waals surface area contributed by atoms with Crippen molar-refractivity contribution >= 4 is 44.9 Å². The lowest BCUT2D eigenvalue weighted by molar-refractivity contribution is 0.0949. The number of likely N-dealkylation sites (N-methyl/N-ethyl adjacent to an activating group) is 1. The van der Waals surface area contributed by atoms with Crippen LogP contribution >= 0.6 is 15.9 Å². The molecule has 3 rings (SSSR count). The summed E-state index contributed by atoms with van der Waals surface area (Å²) in [7, 11) is 0. The highest BCUT2D eigenvalue weighted by molar-refractivity contribution is 9.10. The molecule has 184 valence electrons. The Labute approximate surface area is 211 Å². The highest BCUT2D eigenvalue weighted by Gasteiger charge is 2.22. The zero-order valence-electron chi connectivity index (χ0n) is 20.4. The van der Waals surface area contributed by atoms with E-state index in [0.717, 1.165) is 55.7 Å². The minimum atomic E-state index is -0.356. The Hall–Kier alpha value is -2.58. The molecule has 1 aliphatic rings. The maximum absolute atomic E-state index is 13.2. The number of anilines is 3. The fourth-order valence-corrected chi connectivity index (χ4v) is 4.54. The number of piperidine rings is 1. The number of hydrogen-bond acceptors (Lipinski definition) is 4. The number of amides is 3. The van der Waals surface area contributed by atoms with Crippen LogP contribution in [-0.4, -0.2) is 56.1 Å². The van der Waals surface area contributed by atoms with E-state index in [4.69, 9.17) is 0 Å². The maximum Gasteiger partial charge on any atom is 0.323 e. The van der Waals surface area contributed by atoms with Crippen molar-refractivity contribution in [2.45, 2.75) is 33.6 Å². The number of carbonyl (C=O) groups is 2. The third kappa shape index (κ3) is 7.46. The summed E-state index contributed by atoms with van der Waals surface area (Å²) < 4.78 is 0.883. The fraction of sp³-hybridized carbons (Fsp3) is 0.462. The van der Waals surface area contributed by atoms with Gasteiger partial charge in [-0.2, -0.15) is 0 Å². The second-order valence-electron chi connectivity index (χ2n) is 8.77. The number of urea groups is 1. The smallest absolute Gasteiger partial charge is 0.323 e. The van der Waals surface area contributed by atoms with Gasteiger partial charge >= 0.3 is 6.03 Å². The Morgan fingerprint density at radius 3 is 2.35 bits per heavy atom. The second-order valence-corrected chi connectivity index (χ2v) is 9.69. The zero-order valence-corrected chi connectivity index (χ0v) is 22.0. The van der Waals surface area contributed by atoms with Crippen LogP contribution < -0.4 is 20.9 Å². The molecule has 0 atom stereocenters. The minimum absolute atomic E-state index is 0.114. The summed E-state index contributed by atoms with van der Waals surface area (Å²) in [6, 6.07) is 12.6. The van der Waals surface area contributed by atoms with Gasteiger partial charge in [0.15, 0.2) is 0 Å². The van der Waals surface area contributed by atoms with Gasteiger partial charge in [0.25, 0.3) is 5.91 Å². The maximum atomic E-state index is 13.2. The lowest BCUT2D eigenvalue weighted by Crippen LogP contribution is -2.37. The van der Waals surface area contributed by atoms with E-state index in [1.807, 2.05) is 36.4 Å². The van der Waals surface area contributed by atoms with Crippen molar-refractivity contribution in [2.75, 3.05) is 54.8 Å². The van der Waals surface area contributed by atoms with Crippen molar-refractivity contribution < 1.29 is 9.59 Å². The first-order valence-electron chi connectivity index (χ1n) is 12.1. The van der Waals surface area contributed by atoms with E-state index in [1.54, 1.807) is 6.07 Å². The summed E-state index contributed by atoms with van der Waals surface area (Å²) in [6.07, 6.45) is 2.22. The summed E-state index contributed by atoms with van der Waals surface area (Å²) in [5.41, 5.74) is 2.77. The van der Waals surface area contributed by atoms with Crippen LogP contribution in [0.15, 0.2) is 46.9 Å².